The van der Waals surface area contributed by atoms with Gasteiger partial charge in [-0.1, -0.05) is 0 Å². The lowest BCUT2D eigenvalue weighted by atomic mass is 10.5. The van der Waals surface area contributed by atoms with Crippen LogP contribution in [-0.4, -0.2) is 13.2 Å². The summed E-state index contributed by atoms with van der Waals surface area (Å²) in [4.78, 5) is 0.962. The van der Waals surface area contributed by atoms with Gasteiger partial charge in [-0.25, -0.2) is 0 Å². The molecular weight excluding hydrogens is 228 g/mol. The number of ether oxygens (including phenoxy) is 2. The molecule has 2 heterocycles. The molecule has 1 aromatic heterocycles. The third kappa shape index (κ3) is 1.64. The second-order valence-electron chi connectivity index (χ2n) is 2.17. The predicted octanol–water partition coefficient (Wildman–Crippen LogP) is 2.56. The van der Waals surface area contributed by atoms with Gasteiger partial charge >= 0.3 is 0 Å². The average Bonchev–Trinajstić information content (AvgIpc) is 2.61. The topological polar surface area (TPSA) is 18.5 Å². The molecule has 11 heavy (non-hydrogen) atoms. The standard InChI is InChI=1S/C7H7BrO2S/c8-5-3-6(11-4-5)7-9-1-2-10-7/h3-4,7H,1-2H2/i4D. The molecule has 2 nitrogen and oxygen atoms in total. The van der Waals surface area contributed by atoms with E-state index in [9.17, 15) is 0 Å². The zero-order valence-corrected chi connectivity index (χ0v) is 8.07. The maximum absolute atomic E-state index is 7.46. The molecule has 0 N–H and O–H groups in total. The second-order valence-corrected chi connectivity index (χ2v) is 3.91. The Balaban J connectivity index is 2.21. The Morgan fingerprint density at radius 3 is 2.91 bits per heavy atom. The molecule has 1 aromatic rings. The summed E-state index contributed by atoms with van der Waals surface area (Å²) in [6.07, 6.45) is -0.245. The molecular formula is C7H7BrO2S. The zero-order valence-electron chi connectivity index (χ0n) is 6.67. The Labute approximate surface area is 78.7 Å². The van der Waals surface area contributed by atoms with Crippen molar-refractivity contribution in [3.05, 3.63) is 20.8 Å². The van der Waals surface area contributed by atoms with Crippen LogP contribution in [0.5, 0.6) is 0 Å². The molecule has 1 aliphatic heterocycles. The smallest absolute Gasteiger partial charge is 0.193 e. The van der Waals surface area contributed by atoms with Crippen LogP contribution in [0.25, 0.3) is 0 Å². The quantitative estimate of drug-likeness (QED) is 0.746. The van der Waals surface area contributed by atoms with Crippen LogP contribution in [0.2, 0.25) is 0 Å². The normalized spacial score (nSPS) is 20.6. The van der Waals surface area contributed by atoms with Gasteiger partial charge < -0.3 is 9.47 Å². The van der Waals surface area contributed by atoms with Crippen molar-refractivity contribution in [2.45, 2.75) is 6.29 Å². The van der Waals surface area contributed by atoms with Gasteiger partial charge in [0.05, 0.1) is 19.5 Å². The molecule has 1 fully saturated rings. The summed E-state index contributed by atoms with van der Waals surface area (Å²) in [6, 6.07) is 1.88. The second kappa shape index (κ2) is 3.23. The van der Waals surface area contributed by atoms with Gasteiger partial charge in [0.25, 0.3) is 0 Å². The van der Waals surface area contributed by atoms with Crippen LogP contribution in [0.15, 0.2) is 15.9 Å². The first-order valence-corrected chi connectivity index (χ1v) is 4.87. The maximum atomic E-state index is 7.46. The van der Waals surface area contributed by atoms with E-state index < -0.39 is 0 Å². The minimum absolute atomic E-state index is 0.245. The molecule has 0 atom stereocenters. The highest BCUT2D eigenvalue weighted by Crippen LogP contribution is 2.30. The van der Waals surface area contributed by atoms with Gasteiger partial charge in [0.2, 0.25) is 0 Å². The first-order valence-electron chi connectivity index (χ1n) is 3.76. The third-order valence-corrected chi connectivity index (χ3v) is 2.95. The molecule has 0 aliphatic carbocycles. The minimum atomic E-state index is -0.245. The monoisotopic (exact) mass is 235 g/mol. The molecule has 0 radical (unpaired) electrons. The fourth-order valence-corrected chi connectivity index (χ4v) is 2.25. The molecule has 1 aliphatic rings. The fraction of sp³-hybridized carbons (Fsp3) is 0.429. The highest BCUT2D eigenvalue weighted by Gasteiger charge is 2.19. The summed E-state index contributed by atoms with van der Waals surface area (Å²) in [6.45, 7) is 1.29. The van der Waals surface area contributed by atoms with E-state index in [0.29, 0.717) is 18.6 Å². The van der Waals surface area contributed by atoms with Crippen LogP contribution < -0.4 is 0 Å². The van der Waals surface area contributed by atoms with Gasteiger partial charge in [0, 0.05) is 9.83 Å². The molecule has 0 spiro atoms. The van der Waals surface area contributed by atoms with Crippen molar-refractivity contribution in [3.63, 3.8) is 0 Å². The highest BCUT2D eigenvalue weighted by atomic mass is 79.9. The van der Waals surface area contributed by atoms with Gasteiger partial charge in [-0.05, 0) is 22.0 Å². The highest BCUT2D eigenvalue weighted by molar-refractivity contribution is 9.10. The first-order chi connectivity index (χ1) is 5.77. The summed E-state index contributed by atoms with van der Waals surface area (Å²) in [5, 5.41) is 0.518. The van der Waals surface area contributed by atoms with Crippen LogP contribution in [0.4, 0.5) is 0 Å². The van der Waals surface area contributed by atoms with Gasteiger partial charge in [-0.3, -0.25) is 0 Å². The van der Waals surface area contributed by atoms with Crippen LogP contribution in [0, 0.1) is 0 Å². The van der Waals surface area contributed by atoms with E-state index in [0.717, 1.165) is 9.35 Å². The third-order valence-electron chi connectivity index (χ3n) is 1.39. The van der Waals surface area contributed by atoms with Gasteiger partial charge in [0.15, 0.2) is 6.29 Å². The Morgan fingerprint density at radius 2 is 2.36 bits per heavy atom. The van der Waals surface area contributed by atoms with Crippen molar-refractivity contribution in [1.82, 2.24) is 0 Å². The van der Waals surface area contributed by atoms with Gasteiger partial charge in [-0.2, -0.15) is 0 Å². The first kappa shape index (κ1) is 6.60. The molecule has 0 bridgehead atoms. The molecule has 2 rings (SSSR count). The van der Waals surface area contributed by atoms with Crippen LogP contribution in [0.1, 0.15) is 12.5 Å². The molecule has 0 amide bonds. The number of thiophene rings is 1. The van der Waals surface area contributed by atoms with Crippen LogP contribution >= 0.6 is 27.3 Å². The number of rotatable bonds is 1. The number of hydrogen-bond donors (Lipinski definition) is 0. The van der Waals surface area contributed by atoms with E-state index in [1.54, 1.807) is 0 Å². The molecule has 0 aromatic carbocycles. The Morgan fingerprint density at radius 1 is 1.64 bits per heavy atom. The van der Waals surface area contributed by atoms with Crippen LogP contribution in [0.3, 0.4) is 0 Å². The summed E-state index contributed by atoms with van der Waals surface area (Å²) < 4.78 is 18.9. The summed E-state index contributed by atoms with van der Waals surface area (Å²) in [5.41, 5.74) is 0. The van der Waals surface area contributed by atoms with Crippen molar-refractivity contribution in [3.8, 4) is 0 Å². The molecule has 60 valence electrons. The van der Waals surface area contributed by atoms with E-state index in [1.165, 1.54) is 11.3 Å². The molecule has 0 saturated carbocycles. The van der Waals surface area contributed by atoms with E-state index in [4.69, 9.17) is 10.8 Å². The average molecular weight is 236 g/mol. The van der Waals surface area contributed by atoms with Gasteiger partial charge in [0.1, 0.15) is 0 Å². The Kier molecular flexibility index (Phi) is 1.94. The lowest BCUT2D eigenvalue weighted by Gasteiger charge is -2.03. The fourth-order valence-electron chi connectivity index (χ4n) is 0.930. The van der Waals surface area contributed by atoms with E-state index in [2.05, 4.69) is 15.9 Å². The molecule has 4 heteroatoms. The largest absolute Gasteiger partial charge is 0.345 e. The van der Waals surface area contributed by atoms with Crippen molar-refractivity contribution in [1.29, 1.82) is 0 Å². The molecule has 1 saturated heterocycles. The minimum Gasteiger partial charge on any atom is -0.345 e. The Hall–Kier alpha value is 0.100. The lowest BCUT2D eigenvalue weighted by molar-refractivity contribution is -0.0413. The zero-order chi connectivity index (χ0) is 8.55. The number of hydrogen-bond acceptors (Lipinski definition) is 3. The van der Waals surface area contributed by atoms with Crippen molar-refractivity contribution in [2.24, 2.45) is 0 Å². The SMILES string of the molecule is [2H]c1sc(C2OCCO2)cc1Br. The summed E-state index contributed by atoms with van der Waals surface area (Å²) in [7, 11) is 0. The van der Waals surface area contributed by atoms with Crippen LogP contribution in [-0.2, 0) is 9.47 Å². The summed E-state index contributed by atoms with van der Waals surface area (Å²) >= 11 is 4.66. The Bertz CT molecular complexity index is 263. The molecule has 0 unspecified atom stereocenters. The van der Waals surface area contributed by atoms with E-state index in [-0.39, 0.29) is 6.29 Å². The lowest BCUT2D eigenvalue weighted by Crippen LogP contribution is -1.93. The van der Waals surface area contributed by atoms with E-state index >= 15 is 0 Å². The predicted molar refractivity (Wildman–Crippen MR) is 46.7 cm³/mol. The maximum Gasteiger partial charge on any atom is 0.193 e. The van der Waals surface area contributed by atoms with Crippen molar-refractivity contribution < 1.29 is 10.8 Å². The van der Waals surface area contributed by atoms with Gasteiger partial charge in [-0.15, -0.1) is 11.3 Å². The summed E-state index contributed by atoms with van der Waals surface area (Å²) in [5.74, 6) is 0. The van der Waals surface area contributed by atoms with Crippen molar-refractivity contribution in [2.75, 3.05) is 13.2 Å². The number of halogens is 1. The van der Waals surface area contributed by atoms with Crippen molar-refractivity contribution >= 4 is 27.3 Å². The van der Waals surface area contributed by atoms with E-state index in [1.807, 2.05) is 6.07 Å².